The van der Waals surface area contributed by atoms with Gasteiger partial charge in [-0.3, -0.25) is 4.79 Å². The van der Waals surface area contributed by atoms with Gasteiger partial charge in [0.1, 0.15) is 6.04 Å². The second-order valence-corrected chi connectivity index (χ2v) is 8.23. The highest BCUT2D eigenvalue weighted by atomic mass is 32.2. The highest BCUT2D eigenvalue weighted by Gasteiger charge is 2.43. The summed E-state index contributed by atoms with van der Waals surface area (Å²) in [7, 11) is -3.42. The van der Waals surface area contributed by atoms with Crippen molar-refractivity contribution in [3.8, 4) is 0 Å². The van der Waals surface area contributed by atoms with Crippen LogP contribution in [0.2, 0.25) is 0 Å². The molecule has 0 saturated carbocycles. The molecule has 7 heteroatoms. The van der Waals surface area contributed by atoms with Crippen molar-refractivity contribution in [1.82, 2.24) is 4.90 Å². The molecule has 1 amide bonds. The van der Waals surface area contributed by atoms with Gasteiger partial charge in [-0.05, 0) is 37.5 Å². The molecule has 1 N–H and O–H groups in total. The lowest BCUT2D eigenvalue weighted by molar-refractivity contribution is -0.141. The molecule has 0 aromatic heterocycles. The Morgan fingerprint density at radius 3 is 2.52 bits per heavy atom. The van der Waals surface area contributed by atoms with Gasteiger partial charge in [-0.1, -0.05) is 19.9 Å². The summed E-state index contributed by atoms with van der Waals surface area (Å²) in [6.07, 6.45) is 0.398. The number of amides is 1. The fraction of sp³-hybridized carbons (Fsp3) is 0.500. The molecule has 1 heterocycles. The number of likely N-dealkylation sites (tertiary alicyclic amines) is 1. The summed E-state index contributed by atoms with van der Waals surface area (Å²) in [5.41, 5.74) is 0.201. The van der Waals surface area contributed by atoms with Gasteiger partial charge in [-0.2, -0.15) is 0 Å². The average molecular weight is 339 g/mol. The van der Waals surface area contributed by atoms with E-state index in [0.717, 1.165) is 0 Å². The van der Waals surface area contributed by atoms with E-state index < -0.39 is 27.8 Å². The Balaban J connectivity index is 2.40. The van der Waals surface area contributed by atoms with E-state index >= 15 is 0 Å². The van der Waals surface area contributed by atoms with Crippen LogP contribution in [0.25, 0.3) is 0 Å². The first kappa shape index (κ1) is 17.5. The van der Waals surface area contributed by atoms with E-state index in [0.29, 0.717) is 6.42 Å². The number of benzene rings is 1. The summed E-state index contributed by atoms with van der Waals surface area (Å²) >= 11 is 0. The largest absolute Gasteiger partial charge is 0.480 e. The summed E-state index contributed by atoms with van der Waals surface area (Å²) < 4.78 is 23.9. The predicted molar refractivity (Wildman–Crippen MR) is 85.0 cm³/mol. The van der Waals surface area contributed by atoms with E-state index in [1.807, 2.05) is 13.8 Å². The molecular formula is C16H21NO5S. The molecule has 1 aromatic carbocycles. The number of aliphatic carboxylic acids is 1. The maximum Gasteiger partial charge on any atom is 0.326 e. The quantitative estimate of drug-likeness (QED) is 0.903. The molecular weight excluding hydrogens is 318 g/mol. The zero-order chi connectivity index (χ0) is 17.4. The minimum Gasteiger partial charge on any atom is -0.480 e. The van der Waals surface area contributed by atoms with Crippen LogP contribution in [0.1, 0.15) is 37.6 Å². The molecule has 0 unspecified atom stereocenters. The maximum atomic E-state index is 12.8. The number of hydrogen-bond donors (Lipinski definition) is 1. The van der Waals surface area contributed by atoms with Gasteiger partial charge in [0.25, 0.3) is 5.91 Å². The fourth-order valence-corrected chi connectivity index (χ4v) is 3.83. The summed E-state index contributed by atoms with van der Waals surface area (Å²) in [4.78, 5) is 25.6. The highest BCUT2D eigenvalue weighted by Crippen LogP contribution is 2.31. The van der Waals surface area contributed by atoms with Crippen molar-refractivity contribution in [3.63, 3.8) is 0 Å². The first-order valence-corrected chi connectivity index (χ1v) is 9.22. The molecule has 1 aliphatic rings. The third-order valence-corrected chi connectivity index (χ3v) is 6.27. The van der Waals surface area contributed by atoms with Gasteiger partial charge in [0.05, 0.1) is 10.6 Å². The number of hydrogen-bond acceptors (Lipinski definition) is 4. The molecule has 0 spiro atoms. The van der Waals surface area contributed by atoms with Crippen LogP contribution in [0.4, 0.5) is 0 Å². The van der Waals surface area contributed by atoms with Crippen molar-refractivity contribution < 1.29 is 23.1 Å². The molecule has 2 rings (SSSR count). The molecule has 1 aliphatic heterocycles. The molecule has 1 aromatic rings. The van der Waals surface area contributed by atoms with Gasteiger partial charge in [-0.15, -0.1) is 0 Å². The van der Waals surface area contributed by atoms with E-state index in [2.05, 4.69) is 0 Å². The monoisotopic (exact) mass is 339 g/mol. The normalized spacial score (nSPS) is 24.7. The molecule has 0 bridgehead atoms. The van der Waals surface area contributed by atoms with Crippen LogP contribution in [0, 0.1) is 5.92 Å². The Morgan fingerprint density at radius 1 is 1.30 bits per heavy atom. The number of rotatable bonds is 4. The van der Waals surface area contributed by atoms with Gasteiger partial charge in [0.2, 0.25) is 0 Å². The van der Waals surface area contributed by atoms with E-state index in [-0.39, 0.29) is 28.2 Å². The topological polar surface area (TPSA) is 91.8 Å². The van der Waals surface area contributed by atoms with Crippen LogP contribution in [-0.2, 0) is 14.6 Å². The molecule has 6 nitrogen and oxygen atoms in total. The second-order valence-electron chi connectivity index (χ2n) is 5.95. The third-order valence-electron chi connectivity index (χ3n) is 4.53. The minimum absolute atomic E-state index is 0.0560. The van der Waals surface area contributed by atoms with Gasteiger partial charge in [0, 0.05) is 11.6 Å². The first-order valence-electron chi connectivity index (χ1n) is 7.57. The van der Waals surface area contributed by atoms with Crippen LogP contribution in [0.15, 0.2) is 29.2 Å². The van der Waals surface area contributed by atoms with Crippen LogP contribution in [0.5, 0.6) is 0 Å². The smallest absolute Gasteiger partial charge is 0.326 e. The number of carboxylic acids is 1. The lowest BCUT2D eigenvalue weighted by Crippen LogP contribution is -2.44. The molecule has 126 valence electrons. The van der Waals surface area contributed by atoms with Crippen LogP contribution < -0.4 is 0 Å². The van der Waals surface area contributed by atoms with Crippen molar-refractivity contribution in [2.75, 3.05) is 5.75 Å². The Kier molecular flexibility index (Phi) is 4.79. The molecule has 0 radical (unpaired) electrons. The summed E-state index contributed by atoms with van der Waals surface area (Å²) in [5, 5.41) is 9.35. The summed E-state index contributed by atoms with van der Waals surface area (Å²) in [6.45, 7) is 5.26. The SMILES string of the molecule is CCS(=O)(=O)c1cccc(C(=O)N2[C@@H](C(=O)O)C[C@@H](C)[C@H]2C)c1. The van der Waals surface area contributed by atoms with Crippen molar-refractivity contribution in [2.24, 2.45) is 5.92 Å². The Bertz CT molecular complexity index is 728. The van der Waals surface area contributed by atoms with Crippen molar-refractivity contribution in [1.29, 1.82) is 0 Å². The lowest BCUT2D eigenvalue weighted by Gasteiger charge is -2.27. The standard InChI is InChI=1S/C16H21NO5S/c1-4-23(21,22)13-7-5-6-12(9-13)15(18)17-11(3)10(2)8-14(17)16(19)20/h5-7,9-11,14H,4,8H2,1-3H3,(H,19,20)/t10-,11-,14-/m1/s1. The van der Waals surface area contributed by atoms with Crippen LogP contribution >= 0.6 is 0 Å². The van der Waals surface area contributed by atoms with Crippen molar-refractivity contribution in [2.45, 2.75) is 44.2 Å². The Hall–Kier alpha value is -1.89. The molecule has 1 saturated heterocycles. The highest BCUT2D eigenvalue weighted by molar-refractivity contribution is 7.91. The van der Waals surface area contributed by atoms with Gasteiger partial charge in [-0.25, -0.2) is 13.2 Å². The summed E-state index contributed by atoms with van der Waals surface area (Å²) in [6, 6.07) is 4.71. The second kappa shape index (κ2) is 6.31. The average Bonchev–Trinajstić information content (AvgIpc) is 2.82. The Morgan fingerprint density at radius 2 is 1.96 bits per heavy atom. The zero-order valence-corrected chi connectivity index (χ0v) is 14.2. The number of carboxylic acid groups (broad SMARTS) is 1. The molecule has 0 aliphatic carbocycles. The Labute approximate surface area is 136 Å². The minimum atomic E-state index is -3.42. The van der Waals surface area contributed by atoms with Crippen molar-refractivity contribution in [3.05, 3.63) is 29.8 Å². The zero-order valence-electron chi connectivity index (χ0n) is 13.4. The van der Waals surface area contributed by atoms with E-state index in [9.17, 15) is 23.1 Å². The van der Waals surface area contributed by atoms with Gasteiger partial charge in [0.15, 0.2) is 9.84 Å². The van der Waals surface area contributed by atoms with E-state index in [1.165, 1.54) is 36.1 Å². The fourth-order valence-electron chi connectivity index (χ4n) is 2.91. The number of carbonyl (C=O) groups excluding carboxylic acids is 1. The molecule has 1 fully saturated rings. The summed E-state index contributed by atoms with van der Waals surface area (Å²) in [5.74, 6) is -1.46. The number of sulfone groups is 1. The van der Waals surface area contributed by atoms with E-state index in [4.69, 9.17) is 0 Å². The molecule has 3 atom stereocenters. The maximum absolute atomic E-state index is 12.8. The number of nitrogens with zero attached hydrogens (tertiary/aromatic N) is 1. The molecule has 23 heavy (non-hydrogen) atoms. The lowest BCUT2D eigenvalue weighted by atomic mass is 10.0. The van der Waals surface area contributed by atoms with Crippen LogP contribution in [-0.4, -0.2) is 48.1 Å². The van der Waals surface area contributed by atoms with Gasteiger partial charge >= 0.3 is 5.97 Å². The van der Waals surface area contributed by atoms with Crippen LogP contribution in [0.3, 0.4) is 0 Å². The first-order chi connectivity index (χ1) is 10.7. The van der Waals surface area contributed by atoms with E-state index in [1.54, 1.807) is 0 Å². The van der Waals surface area contributed by atoms with Crippen molar-refractivity contribution >= 4 is 21.7 Å². The van der Waals surface area contributed by atoms with Gasteiger partial charge < -0.3 is 10.0 Å². The number of carbonyl (C=O) groups is 2. The predicted octanol–water partition coefficient (Wildman–Crippen LogP) is 1.80. The third kappa shape index (κ3) is 3.24.